The molecular weight excluding hydrogens is 277 g/mol. The van der Waals surface area contributed by atoms with Gasteiger partial charge in [-0.2, -0.15) is 0 Å². The Kier molecular flexibility index (Phi) is 4.44. The zero-order valence-corrected chi connectivity index (χ0v) is 10.7. The van der Waals surface area contributed by atoms with E-state index in [0.29, 0.717) is 0 Å². The zero-order chi connectivity index (χ0) is 10.1. The van der Waals surface area contributed by atoms with Gasteiger partial charge in [0, 0.05) is 10.5 Å². The van der Waals surface area contributed by atoms with Gasteiger partial charge in [0.2, 0.25) is 0 Å². The lowest BCUT2D eigenvalue weighted by atomic mass is 10.0. The summed E-state index contributed by atoms with van der Waals surface area (Å²) in [6.07, 6.45) is 3.65. The minimum Gasteiger partial charge on any atom is -0.508 e. The molecule has 2 nitrogen and oxygen atoms in total. The molecule has 0 unspecified atom stereocenters. The zero-order valence-electron chi connectivity index (χ0n) is 8.32. The standard InChI is InChI=1S/C11H14BrNO.ClH/c12-10-4-3-8(14)6-9(10)11(13)5-7-1-2-7;/h3-4,6-7,11,14H,1-2,5,13H2;1H/t11-;/m1./s1. The number of phenols is 1. The molecule has 0 aliphatic heterocycles. The van der Waals surface area contributed by atoms with Crippen LogP contribution in [-0.4, -0.2) is 5.11 Å². The summed E-state index contributed by atoms with van der Waals surface area (Å²) in [6.45, 7) is 0. The van der Waals surface area contributed by atoms with Crippen LogP contribution in [0, 0.1) is 5.92 Å². The van der Waals surface area contributed by atoms with E-state index in [0.717, 1.165) is 22.4 Å². The second-order valence-electron chi connectivity index (χ2n) is 3.99. The van der Waals surface area contributed by atoms with Crippen LogP contribution < -0.4 is 5.73 Å². The lowest BCUT2D eigenvalue weighted by molar-refractivity contribution is 0.472. The number of nitrogens with two attached hydrogens (primary N) is 1. The average molecular weight is 293 g/mol. The number of hydrogen-bond donors (Lipinski definition) is 2. The summed E-state index contributed by atoms with van der Waals surface area (Å²) in [7, 11) is 0. The summed E-state index contributed by atoms with van der Waals surface area (Å²) in [5, 5.41) is 9.36. The molecule has 1 aromatic carbocycles. The second-order valence-corrected chi connectivity index (χ2v) is 4.85. The molecule has 0 amide bonds. The molecule has 4 heteroatoms. The molecule has 0 saturated heterocycles. The maximum absolute atomic E-state index is 9.36. The Bertz CT molecular complexity index is 341. The first-order valence-corrected chi connectivity index (χ1v) is 5.70. The molecule has 0 bridgehead atoms. The number of rotatable bonds is 3. The highest BCUT2D eigenvalue weighted by Gasteiger charge is 2.25. The summed E-state index contributed by atoms with van der Waals surface area (Å²) in [6, 6.07) is 5.30. The first-order valence-electron chi connectivity index (χ1n) is 4.91. The van der Waals surface area contributed by atoms with E-state index in [2.05, 4.69) is 15.9 Å². The summed E-state index contributed by atoms with van der Waals surface area (Å²) < 4.78 is 0.989. The topological polar surface area (TPSA) is 46.2 Å². The van der Waals surface area contributed by atoms with Crippen LogP contribution in [-0.2, 0) is 0 Å². The Morgan fingerprint density at radius 3 is 2.73 bits per heavy atom. The van der Waals surface area contributed by atoms with Crippen molar-refractivity contribution in [3.05, 3.63) is 28.2 Å². The Morgan fingerprint density at radius 1 is 1.47 bits per heavy atom. The van der Waals surface area contributed by atoms with Crippen molar-refractivity contribution >= 4 is 28.3 Å². The molecule has 0 radical (unpaired) electrons. The van der Waals surface area contributed by atoms with Crippen molar-refractivity contribution in [2.24, 2.45) is 11.7 Å². The summed E-state index contributed by atoms with van der Waals surface area (Å²) >= 11 is 3.45. The minimum absolute atomic E-state index is 0. The fourth-order valence-corrected chi connectivity index (χ4v) is 2.20. The number of hydrogen-bond acceptors (Lipinski definition) is 2. The van der Waals surface area contributed by atoms with E-state index in [-0.39, 0.29) is 24.2 Å². The van der Waals surface area contributed by atoms with Gasteiger partial charge < -0.3 is 10.8 Å². The molecule has 3 N–H and O–H groups in total. The highest BCUT2D eigenvalue weighted by atomic mass is 79.9. The highest BCUT2D eigenvalue weighted by Crippen LogP contribution is 2.38. The van der Waals surface area contributed by atoms with Gasteiger partial charge in [-0.15, -0.1) is 12.4 Å². The molecule has 1 atom stereocenters. The van der Waals surface area contributed by atoms with E-state index in [1.54, 1.807) is 12.1 Å². The van der Waals surface area contributed by atoms with Gasteiger partial charge in [0.05, 0.1) is 0 Å². The maximum atomic E-state index is 9.36. The number of halogens is 2. The molecular formula is C11H15BrClNO. The van der Waals surface area contributed by atoms with Crippen LogP contribution in [0.2, 0.25) is 0 Å². The van der Waals surface area contributed by atoms with Gasteiger partial charge in [-0.1, -0.05) is 28.8 Å². The Hall–Kier alpha value is -0.250. The molecule has 1 fully saturated rings. The third-order valence-electron chi connectivity index (χ3n) is 2.66. The van der Waals surface area contributed by atoms with E-state index < -0.39 is 0 Å². The van der Waals surface area contributed by atoms with E-state index in [1.165, 1.54) is 12.8 Å². The lowest BCUT2D eigenvalue weighted by Gasteiger charge is -2.13. The average Bonchev–Trinajstić information content (AvgIpc) is 2.93. The molecule has 0 heterocycles. The monoisotopic (exact) mass is 291 g/mol. The van der Waals surface area contributed by atoms with Crippen LogP contribution in [0.15, 0.2) is 22.7 Å². The quantitative estimate of drug-likeness (QED) is 0.897. The van der Waals surface area contributed by atoms with E-state index in [9.17, 15) is 5.11 Å². The van der Waals surface area contributed by atoms with Gasteiger partial charge in [0.1, 0.15) is 5.75 Å². The summed E-state index contributed by atoms with van der Waals surface area (Å²) in [5.41, 5.74) is 7.08. The van der Waals surface area contributed by atoms with Crippen LogP contribution in [0.25, 0.3) is 0 Å². The molecule has 84 valence electrons. The van der Waals surface area contributed by atoms with Crippen molar-refractivity contribution in [3.8, 4) is 5.75 Å². The van der Waals surface area contributed by atoms with Crippen molar-refractivity contribution in [2.45, 2.75) is 25.3 Å². The SMILES string of the molecule is Cl.N[C@H](CC1CC1)c1cc(O)ccc1Br. The summed E-state index contributed by atoms with van der Waals surface area (Å²) in [5.74, 6) is 1.09. The van der Waals surface area contributed by atoms with Crippen LogP contribution in [0.3, 0.4) is 0 Å². The normalized spacial score (nSPS) is 16.9. The maximum Gasteiger partial charge on any atom is 0.115 e. The van der Waals surface area contributed by atoms with E-state index in [1.807, 2.05) is 6.07 Å². The predicted octanol–water partition coefficient (Wildman–Crippen LogP) is 3.38. The van der Waals surface area contributed by atoms with E-state index >= 15 is 0 Å². The smallest absolute Gasteiger partial charge is 0.115 e. The minimum atomic E-state index is 0. The fourth-order valence-electron chi connectivity index (χ4n) is 1.65. The molecule has 2 rings (SSSR count). The molecule has 1 aromatic rings. The van der Waals surface area contributed by atoms with Crippen molar-refractivity contribution in [1.82, 2.24) is 0 Å². The van der Waals surface area contributed by atoms with Crippen LogP contribution in [0.5, 0.6) is 5.75 Å². The molecule has 1 aliphatic carbocycles. The fraction of sp³-hybridized carbons (Fsp3) is 0.455. The van der Waals surface area contributed by atoms with Gasteiger partial charge in [-0.25, -0.2) is 0 Å². The Morgan fingerprint density at radius 2 is 2.13 bits per heavy atom. The van der Waals surface area contributed by atoms with Crippen LogP contribution in [0.1, 0.15) is 30.9 Å². The molecule has 1 saturated carbocycles. The van der Waals surface area contributed by atoms with Crippen LogP contribution in [0.4, 0.5) is 0 Å². The Balaban J connectivity index is 0.00000112. The van der Waals surface area contributed by atoms with Crippen molar-refractivity contribution in [2.75, 3.05) is 0 Å². The third kappa shape index (κ3) is 3.37. The van der Waals surface area contributed by atoms with Gasteiger partial charge in [-0.3, -0.25) is 0 Å². The molecule has 0 spiro atoms. The van der Waals surface area contributed by atoms with E-state index in [4.69, 9.17) is 5.73 Å². The first kappa shape index (κ1) is 12.8. The molecule has 15 heavy (non-hydrogen) atoms. The van der Waals surface area contributed by atoms with Crippen molar-refractivity contribution < 1.29 is 5.11 Å². The van der Waals surface area contributed by atoms with Gasteiger partial charge in [-0.05, 0) is 36.1 Å². The van der Waals surface area contributed by atoms with Crippen molar-refractivity contribution in [3.63, 3.8) is 0 Å². The van der Waals surface area contributed by atoms with Gasteiger partial charge in [0.25, 0.3) is 0 Å². The highest BCUT2D eigenvalue weighted by molar-refractivity contribution is 9.10. The van der Waals surface area contributed by atoms with Gasteiger partial charge >= 0.3 is 0 Å². The van der Waals surface area contributed by atoms with Crippen molar-refractivity contribution in [1.29, 1.82) is 0 Å². The number of benzene rings is 1. The molecule has 0 aromatic heterocycles. The lowest BCUT2D eigenvalue weighted by Crippen LogP contribution is -2.11. The number of phenolic OH excluding ortho intramolecular Hbond substituents is 1. The molecule has 1 aliphatic rings. The van der Waals surface area contributed by atoms with Gasteiger partial charge in [0.15, 0.2) is 0 Å². The second kappa shape index (κ2) is 5.19. The largest absolute Gasteiger partial charge is 0.508 e. The Labute approximate surface area is 104 Å². The van der Waals surface area contributed by atoms with Crippen LogP contribution >= 0.6 is 28.3 Å². The third-order valence-corrected chi connectivity index (χ3v) is 3.39. The first-order chi connectivity index (χ1) is 6.66. The summed E-state index contributed by atoms with van der Waals surface area (Å²) in [4.78, 5) is 0. The predicted molar refractivity (Wildman–Crippen MR) is 67.3 cm³/mol. The number of aromatic hydroxyl groups is 1.